The molecule has 16 heavy (non-hydrogen) atoms. The predicted molar refractivity (Wildman–Crippen MR) is 60.1 cm³/mol. The minimum atomic E-state index is -0.757. The standard InChI is InChI=1S/C11H19N3O2/c1-6-14-8(3)12-13-9(14)11(4,5)10(15)16-7-2/h6-7H2,1-5H3. The lowest BCUT2D eigenvalue weighted by atomic mass is 9.92. The van der Waals surface area contributed by atoms with Crippen LogP contribution < -0.4 is 0 Å². The maximum atomic E-state index is 11.8. The molecule has 90 valence electrons. The zero-order valence-corrected chi connectivity index (χ0v) is 10.6. The Morgan fingerprint density at radius 2 is 2.00 bits per heavy atom. The third-order valence-electron chi connectivity index (χ3n) is 2.60. The number of carbonyl (C=O) groups is 1. The summed E-state index contributed by atoms with van der Waals surface area (Å²) in [7, 11) is 0. The van der Waals surface area contributed by atoms with Crippen LogP contribution in [0.4, 0.5) is 0 Å². The molecule has 0 radical (unpaired) electrons. The van der Waals surface area contributed by atoms with Gasteiger partial charge in [0.05, 0.1) is 6.61 Å². The Morgan fingerprint density at radius 1 is 1.38 bits per heavy atom. The maximum absolute atomic E-state index is 11.8. The number of hydrogen-bond acceptors (Lipinski definition) is 4. The third kappa shape index (κ3) is 2.08. The molecule has 1 aromatic heterocycles. The summed E-state index contributed by atoms with van der Waals surface area (Å²) in [5.41, 5.74) is -0.757. The molecule has 0 aromatic carbocycles. The van der Waals surface area contributed by atoms with E-state index in [0.717, 1.165) is 12.4 Å². The molecule has 0 saturated carbocycles. The van der Waals surface area contributed by atoms with Crippen molar-refractivity contribution in [3.8, 4) is 0 Å². The van der Waals surface area contributed by atoms with Gasteiger partial charge in [-0.05, 0) is 34.6 Å². The van der Waals surface area contributed by atoms with Gasteiger partial charge in [0, 0.05) is 6.54 Å². The highest BCUT2D eigenvalue weighted by atomic mass is 16.5. The zero-order valence-electron chi connectivity index (χ0n) is 10.6. The van der Waals surface area contributed by atoms with E-state index in [0.29, 0.717) is 12.4 Å². The van der Waals surface area contributed by atoms with Crippen LogP contribution in [0.2, 0.25) is 0 Å². The van der Waals surface area contributed by atoms with Crippen LogP contribution in [0.1, 0.15) is 39.3 Å². The van der Waals surface area contributed by atoms with Crippen LogP contribution >= 0.6 is 0 Å². The molecular formula is C11H19N3O2. The van der Waals surface area contributed by atoms with Crippen molar-refractivity contribution < 1.29 is 9.53 Å². The van der Waals surface area contributed by atoms with E-state index in [4.69, 9.17) is 4.74 Å². The fourth-order valence-electron chi connectivity index (χ4n) is 1.62. The molecule has 0 spiro atoms. The summed E-state index contributed by atoms with van der Waals surface area (Å²) in [6, 6.07) is 0. The van der Waals surface area contributed by atoms with Crippen molar-refractivity contribution >= 4 is 5.97 Å². The first-order valence-electron chi connectivity index (χ1n) is 5.52. The fraction of sp³-hybridized carbons (Fsp3) is 0.727. The van der Waals surface area contributed by atoms with Crippen molar-refractivity contribution in [3.05, 3.63) is 11.6 Å². The molecule has 1 aromatic rings. The SMILES string of the molecule is CCOC(=O)C(C)(C)c1nnc(C)n1CC. The molecule has 1 rings (SSSR count). The van der Waals surface area contributed by atoms with Gasteiger partial charge in [-0.1, -0.05) is 0 Å². The Hall–Kier alpha value is -1.39. The Labute approximate surface area is 95.8 Å². The molecule has 0 N–H and O–H groups in total. The lowest BCUT2D eigenvalue weighted by Crippen LogP contribution is -2.34. The summed E-state index contributed by atoms with van der Waals surface area (Å²) in [6.07, 6.45) is 0. The maximum Gasteiger partial charge on any atom is 0.319 e. The third-order valence-corrected chi connectivity index (χ3v) is 2.60. The summed E-state index contributed by atoms with van der Waals surface area (Å²) in [5.74, 6) is 1.21. The summed E-state index contributed by atoms with van der Waals surface area (Å²) in [5, 5.41) is 8.08. The van der Waals surface area contributed by atoms with Crippen molar-refractivity contribution in [2.45, 2.75) is 46.6 Å². The molecule has 0 amide bonds. The zero-order chi connectivity index (χ0) is 12.3. The second-order valence-corrected chi connectivity index (χ2v) is 4.16. The minimum Gasteiger partial charge on any atom is -0.465 e. The predicted octanol–water partition coefficient (Wildman–Crippen LogP) is 1.45. The number of rotatable bonds is 4. The van der Waals surface area contributed by atoms with Gasteiger partial charge in [-0.15, -0.1) is 10.2 Å². The Kier molecular flexibility index (Phi) is 3.67. The first-order valence-corrected chi connectivity index (χ1v) is 5.52. The highest BCUT2D eigenvalue weighted by Crippen LogP contribution is 2.23. The summed E-state index contributed by atoms with van der Waals surface area (Å²) < 4.78 is 6.98. The lowest BCUT2D eigenvalue weighted by molar-refractivity contribution is -0.149. The van der Waals surface area contributed by atoms with Crippen LogP contribution in [0.3, 0.4) is 0 Å². The smallest absolute Gasteiger partial charge is 0.319 e. The van der Waals surface area contributed by atoms with E-state index in [1.165, 1.54) is 0 Å². The second-order valence-electron chi connectivity index (χ2n) is 4.16. The molecule has 0 bridgehead atoms. The highest BCUT2D eigenvalue weighted by molar-refractivity contribution is 5.81. The molecule has 0 aliphatic heterocycles. The molecular weight excluding hydrogens is 206 g/mol. The molecule has 0 fully saturated rings. The molecule has 0 aliphatic rings. The monoisotopic (exact) mass is 225 g/mol. The van der Waals surface area contributed by atoms with Gasteiger partial charge in [0.2, 0.25) is 0 Å². The van der Waals surface area contributed by atoms with E-state index in [1.54, 1.807) is 20.8 Å². The van der Waals surface area contributed by atoms with Crippen LogP contribution in [0.25, 0.3) is 0 Å². The van der Waals surface area contributed by atoms with Crippen LogP contribution in [0.5, 0.6) is 0 Å². The lowest BCUT2D eigenvalue weighted by Gasteiger charge is -2.21. The van der Waals surface area contributed by atoms with Gasteiger partial charge in [0.15, 0.2) is 0 Å². The number of hydrogen-bond donors (Lipinski definition) is 0. The van der Waals surface area contributed by atoms with Crippen LogP contribution in [0, 0.1) is 6.92 Å². The largest absolute Gasteiger partial charge is 0.465 e. The molecule has 0 atom stereocenters. The summed E-state index contributed by atoms with van der Waals surface area (Å²) >= 11 is 0. The van der Waals surface area contributed by atoms with Crippen LogP contribution in [-0.2, 0) is 21.5 Å². The Balaban J connectivity index is 3.10. The Morgan fingerprint density at radius 3 is 2.50 bits per heavy atom. The van der Waals surface area contributed by atoms with E-state index in [2.05, 4.69) is 10.2 Å². The van der Waals surface area contributed by atoms with Crippen LogP contribution in [0.15, 0.2) is 0 Å². The molecule has 0 aliphatic carbocycles. The van der Waals surface area contributed by atoms with Gasteiger partial charge in [-0.3, -0.25) is 4.79 Å². The summed E-state index contributed by atoms with van der Waals surface area (Å²) in [4.78, 5) is 11.8. The van der Waals surface area contributed by atoms with Gasteiger partial charge in [-0.2, -0.15) is 0 Å². The topological polar surface area (TPSA) is 57.0 Å². The van der Waals surface area contributed by atoms with Crippen LogP contribution in [-0.4, -0.2) is 27.3 Å². The van der Waals surface area contributed by atoms with E-state index in [-0.39, 0.29) is 5.97 Å². The molecule has 0 unspecified atom stereocenters. The van der Waals surface area contributed by atoms with E-state index in [1.807, 2.05) is 18.4 Å². The minimum absolute atomic E-state index is 0.267. The second kappa shape index (κ2) is 4.63. The average molecular weight is 225 g/mol. The van der Waals surface area contributed by atoms with Gasteiger partial charge >= 0.3 is 5.97 Å². The van der Waals surface area contributed by atoms with Crippen molar-refractivity contribution in [1.29, 1.82) is 0 Å². The molecule has 5 heteroatoms. The van der Waals surface area contributed by atoms with Gasteiger partial charge in [-0.25, -0.2) is 0 Å². The fourth-order valence-corrected chi connectivity index (χ4v) is 1.62. The quantitative estimate of drug-likeness (QED) is 0.728. The number of ether oxygens (including phenoxy) is 1. The van der Waals surface area contributed by atoms with Crippen molar-refractivity contribution in [2.75, 3.05) is 6.61 Å². The van der Waals surface area contributed by atoms with Crippen molar-refractivity contribution in [3.63, 3.8) is 0 Å². The van der Waals surface area contributed by atoms with Gasteiger partial charge in [0.25, 0.3) is 0 Å². The van der Waals surface area contributed by atoms with E-state index >= 15 is 0 Å². The van der Waals surface area contributed by atoms with Crippen molar-refractivity contribution in [2.24, 2.45) is 0 Å². The van der Waals surface area contributed by atoms with E-state index in [9.17, 15) is 4.79 Å². The average Bonchev–Trinajstić information content (AvgIpc) is 2.60. The van der Waals surface area contributed by atoms with E-state index < -0.39 is 5.41 Å². The number of esters is 1. The van der Waals surface area contributed by atoms with Gasteiger partial charge in [0.1, 0.15) is 17.1 Å². The first-order chi connectivity index (χ1) is 7.45. The molecule has 1 heterocycles. The summed E-state index contributed by atoms with van der Waals surface area (Å²) in [6.45, 7) is 10.4. The first kappa shape index (κ1) is 12.7. The molecule has 0 saturated heterocycles. The number of carbonyl (C=O) groups excluding carboxylic acids is 1. The van der Waals surface area contributed by atoms with Gasteiger partial charge < -0.3 is 9.30 Å². The Bertz CT molecular complexity index is 383. The number of nitrogens with zero attached hydrogens (tertiary/aromatic N) is 3. The highest BCUT2D eigenvalue weighted by Gasteiger charge is 2.36. The normalized spacial score (nSPS) is 11.6. The number of aromatic nitrogens is 3. The van der Waals surface area contributed by atoms with Crippen molar-refractivity contribution in [1.82, 2.24) is 14.8 Å². The number of aryl methyl sites for hydroxylation is 1. The molecule has 5 nitrogen and oxygen atoms in total.